The summed E-state index contributed by atoms with van der Waals surface area (Å²) < 4.78 is 10.5. The van der Waals surface area contributed by atoms with Crippen LogP contribution in [0.1, 0.15) is 92.9 Å². The second-order valence-electron chi connectivity index (χ2n) is 14.4. The number of ether oxygens (including phenoxy) is 2. The van der Waals surface area contributed by atoms with Crippen molar-refractivity contribution < 1.29 is 19.1 Å². The van der Waals surface area contributed by atoms with Gasteiger partial charge in [0.05, 0.1) is 14.2 Å². The lowest BCUT2D eigenvalue weighted by Crippen LogP contribution is -2.39. The molecule has 0 aromatic heterocycles. The Morgan fingerprint density at radius 3 is 1.63 bits per heavy atom. The van der Waals surface area contributed by atoms with E-state index in [0.29, 0.717) is 5.78 Å². The van der Waals surface area contributed by atoms with Crippen molar-refractivity contribution >= 4 is 33.1 Å². The van der Waals surface area contributed by atoms with Crippen LogP contribution in [0.4, 0.5) is 0 Å². The summed E-state index contributed by atoms with van der Waals surface area (Å²) in [6, 6.07) is 23.9. The molecule has 4 aromatic carbocycles. The maximum Gasteiger partial charge on any atom is 0.167 e. The van der Waals surface area contributed by atoms with E-state index in [1.807, 2.05) is 86.6 Å². The fraction of sp³-hybridized carbons (Fsp3) is 0.478. The summed E-state index contributed by atoms with van der Waals surface area (Å²) >= 11 is 0. The van der Waals surface area contributed by atoms with Crippen LogP contribution in [-0.2, 0) is 0 Å². The number of hydrogen-bond acceptors (Lipinski definition) is 6. The van der Waals surface area contributed by atoms with Crippen molar-refractivity contribution in [2.24, 2.45) is 23.7 Å². The van der Waals surface area contributed by atoms with Gasteiger partial charge in [-0.15, -0.1) is 12.8 Å². The van der Waals surface area contributed by atoms with Gasteiger partial charge in [0, 0.05) is 42.6 Å². The fourth-order valence-electron chi connectivity index (χ4n) is 6.82. The van der Waals surface area contributed by atoms with E-state index in [2.05, 4.69) is 30.0 Å². The van der Waals surface area contributed by atoms with Gasteiger partial charge >= 0.3 is 0 Å². The molecule has 0 amide bonds. The average molecular weight is 705 g/mol. The maximum absolute atomic E-state index is 13.0. The molecule has 4 fully saturated rings. The molecule has 2 atom stereocenters. The Morgan fingerprint density at radius 2 is 1.17 bits per heavy atom. The minimum atomic E-state index is 0.124. The third kappa shape index (κ3) is 11.9. The molecule has 2 aliphatic carbocycles. The zero-order valence-electron chi connectivity index (χ0n) is 32.2. The van der Waals surface area contributed by atoms with E-state index < -0.39 is 0 Å². The summed E-state index contributed by atoms with van der Waals surface area (Å²) in [6.45, 7) is 11.4. The topological polar surface area (TPSA) is 67.9 Å². The van der Waals surface area contributed by atoms with Gasteiger partial charge in [0.15, 0.2) is 11.6 Å². The summed E-state index contributed by atoms with van der Waals surface area (Å²) in [7, 11) is 3.34. The lowest BCUT2D eigenvalue weighted by molar-refractivity contribution is 0.0814. The first-order valence-electron chi connectivity index (χ1n) is 19.4. The smallest absolute Gasteiger partial charge is 0.167 e. The molecular weight excluding hydrogens is 645 g/mol. The first kappa shape index (κ1) is 40.6. The minimum absolute atomic E-state index is 0.124. The van der Waals surface area contributed by atoms with Crippen molar-refractivity contribution in [2.75, 3.05) is 46.9 Å². The molecule has 1 unspecified atom stereocenters. The number of benzene rings is 4. The number of likely N-dealkylation sites (tertiary alicyclic amines) is 1. The number of nitrogens with zero attached hydrogens (tertiary/aromatic N) is 1. The van der Waals surface area contributed by atoms with Crippen LogP contribution >= 0.6 is 0 Å². The Kier molecular flexibility index (Phi) is 16.2. The number of rotatable bonds is 8. The summed E-state index contributed by atoms with van der Waals surface area (Å²) in [5.41, 5.74) is 1.67. The van der Waals surface area contributed by atoms with Gasteiger partial charge in [-0.05, 0) is 121 Å². The summed E-state index contributed by atoms with van der Waals surface area (Å²) in [5.74, 6) is 4.53. The number of ketones is 2. The van der Waals surface area contributed by atoms with Crippen LogP contribution in [-0.4, -0.2) is 63.4 Å². The minimum Gasteiger partial charge on any atom is -0.497 e. The molecule has 0 radical (unpaired) electrons. The molecule has 2 saturated heterocycles. The van der Waals surface area contributed by atoms with Crippen LogP contribution in [0, 0.1) is 36.5 Å². The quantitative estimate of drug-likeness (QED) is 0.146. The van der Waals surface area contributed by atoms with Crippen LogP contribution < -0.4 is 14.8 Å². The molecule has 0 bridgehead atoms. The molecule has 278 valence electrons. The molecule has 4 aliphatic rings. The van der Waals surface area contributed by atoms with Crippen LogP contribution in [0.5, 0.6) is 11.5 Å². The number of terminal acetylenes is 1. The molecule has 4 aromatic rings. The number of hydrogen-bond donors (Lipinski definition) is 1. The number of Topliss-reactive ketones (excluding diaryl/α,β-unsaturated/α-hetero) is 2. The summed E-state index contributed by atoms with van der Waals surface area (Å²) in [6.07, 6.45) is 18.0. The first-order chi connectivity index (χ1) is 25.4. The predicted octanol–water partition coefficient (Wildman–Crippen LogP) is 9.88. The van der Waals surface area contributed by atoms with Crippen molar-refractivity contribution in [1.82, 2.24) is 10.2 Å². The zero-order chi connectivity index (χ0) is 37.5. The molecule has 2 saturated carbocycles. The molecule has 8 rings (SSSR count). The Morgan fingerprint density at radius 1 is 0.692 bits per heavy atom. The SMILES string of the molecule is C#C.CC.CC1CC1.COc1ccc2cc(C(=O)C3CCCN(CC4CC4)C3)ccc2c1.COc1ccc2cc(C(=O)[C@@H]3CCCNC3)ccc2c1. The van der Waals surface area contributed by atoms with Crippen molar-refractivity contribution in [2.45, 2.75) is 72.1 Å². The monoisotopic (exact) mass is 704 g/mol. The molecule has 6 nitrogen and oxygen atoms in total. The molecular formula is C46H60N2O4. The molecule has 0 spiro atoms. The highest BCUT2D eigenvalue weighted by Gasteiger charge is 2.30. The standard InChI is InChI=1S/C21H25NO2.C17H19NO2.C4H8.C2H6.C2H2/c1-24-20-9-8-16-11-18(7-6-17(16)12-20)21(23)19-3-2-10-22(14-19)13-15-4-5-15;1-20-16-7-6-12-9-14(5-4-13(12)10-16)17(19)15-3-2-8-18-11-15;1-4-2-3-4;2*1-2/h6-9,11-12,15,19H,2-5,10,13-14H2,1H3;4-7,9-10,15,18H,2-3,8,11H2,1H3;4H,2-3H2,1H3;1-2H3;1-2H/t;15-;;;/m.1.../s1. The van der Waals surface area contributed by atoms with E-state index in [9.17, 15) is 9.59 Å². The number of fused-ring (bicyclic) bond motifs is 2. The maximum atomic E-state index is 13.0. The van der Waals surface area contributed by atoms with E-state index in [4.69, 9.17) is 9.47 Å². The van der Waals surface area contributed by atoms with Gasteiger partial charge < -0.3 is 19.7 Å². The van der Waals surface area contributed by atoms with Crippen molar-refractivity contribution in [3.05, 3.63) is 83.9 Å². The van der Waals surface area contributed by atoms with Gasteiger partial charge in [-0.3, -0.25) is 9.59 Å². The highest BCUT2D eigenvalue weighted by Crippen LogP contribution is 2.32. The molecule has 1 N–H and O–H groups in total. The Hall–Kier alpha value is -4.18. The summed E-state index contributed by atoms with van der Waals surface area (Å²) in [4.78, 5) is 28.0. The van der Waals surface area contributed by atoms with Crippen molar-refractivity contribution in [3.8, 4) is 24.3 Å². The molecule has 2 heterocycles. The number of piperidine rings is 2. The van der Waals surface area contributed by atoms with Gasteiger partial charge in [-0.2, -0.15) is 0 Å². The van der Waals surface area contributed by atoms with Gasteiger partial charge in [0.2, 0.25) is 0 Å². The number of carbonyl (C=O) groups is 2. The van der Waals surface area contributed by atoms with Crippen LogP contribution in [0.2, 0.25) is 0 Å². The van der Waals surface area contributed by atoms with E-state index in [-0.39, 0.29) is 17.6 Å². The second-order valence-corrected chi connectivity index (χ2v) is 14.4. The fourth-order valence-corrected chi connectivity index (χ4v) is 6.82. The van der Waals surface area contributed by atoms with Gasteiger partial charge in [-0.25, -0.2) is 0 Å². The van der Waals surface area contributed by atoms with Crippen molar-refractivity contribution in [3.63, 3.8) is 0 Å². The lowest BCUT2D eigenvalue weighted by Gasteiger charge is -2.32. The largest absolute Gasteiger partial charge is 0.497 e. The highest BCUT2D eigenvalue weighted by molar-refractivity contribution is 6.02. The summed E-state index contributed by atoms with van der Waals surface area (Å²) in [5, 5.41) is 7.70. The predicted molar refractivity (Wildman–Crippen MR) is 217 cm³/mol. The van der Waals surface area contributed by atoms with E-state index >= 15 is 0 Å². The molecule has 52 heavy (non-hydrogen) atoms. The molecule has 2 aliphatic heterocycles. The second kappa shape index (κ2) is 20.8. The highest BCUT2D eigenvalue weighted by atomic mass is 16.5. The van der Waals surface area contributed by atoms with Gasteiger partial charge in [-0.1, -0.05) is 70.0 Å². The third-order valence-electron chi connectivity index (χ3n) is 10.3. The Balaban J connectivity index is 0.000000195. The third-order valence-corrected chi connectivity index (χ3v) is 10.3. The number of nitrogens with one attached hydrogen (secondary N) is 1. The van der Waals surface area contributed by atoms with Crippen LogP contribution in [0.25, 0.3) is 21.5 Å². The van der Waals surface area contributed by atoms with Crippen LogP contribution in [0.15, 0.2) is 72.8 Å². The normalized spacial score (nSPS) is 19.5. The molecule has 6 heteroatoms. The zero-order valence-corrected chi connectivity index (χ0v) is 32.2. The average Bonchev–Trinajstić information content (AvgIpc) is 4.18. The van der Waals surface area contributed by atoms with Crippen molar-refractivity contribution in [1.29, 1.82) is 0 Å². The van der Waals surface area contributed by atoms with Crippen LogP contribution in [0.3, 0.4) is 0 Å². The number of carbonyl (C=O) groups excluding carboxylic acids is 2. The number of methoxy groups -OCH3 is 2. The van der Waals surface area contributed by atoms with E-state index in [0.717, 1.165) is 108 Å². The van der Waals surface area contributed by atoms with Gasteiger partial charge in [0.1, 0.15) is 11.5 Å². The lowest BCUT2D eigenvalue weighted by atomic mass is 9.89. The first-order valence-corrected chi connectivity index (χ1v) is 19.4. The van der Waals surface area contributed by atoms with E-state index in [1.54, 1.807) is 14.2 Å². The Bertz CT molecular complexity index is 1750. The van der Waals surface area contributed by atoms with Gasteiger partial charge in [0.25, 0.3) is 0 Å². The van der Waals surface area contributed by atoms with E-state index in [1.165, 1.54) is 32.2 Å². The Labute approximate surface area is 312 Å².